The second-order valence-electron chi connectivity index (χ2n) is 4.18. The van der Waals surface area contributed by atoms with E-state index in [1.54, 1.807) is 6.20 Å². The minimum absolute atomic E-state index is 0.112. The number of hydrogen-bond donors (Lipinski definition) is 2. The maximum Gasteiger partial charge on any atom is 0.127 e. The Labute approximate surface area is 90.9 Å². The van der Waals surface area contributed by atoms with Crippen molar-refractivity contribution in [2.45, 2.75) is 19.4 Å². The van der Waals surface area contributed by atoms with E-state index in [0.29, 0.717) is 0 Å². The van der Waals surface area contributed by atoms with Crippen LogP contribution in [0.15, 0.2) is 18.3 Å². The molecule has 0 aliphatic rings. The van der Waals surface area contributed by atoms with Gasteiger partial charge in [-0.15, -0.1) is 0 Å². The minimum atomic E-state index is -0.271. The SMILES string of the molecule is CNc1cc(N(C)C(C)(C)CO)ccn1. The first-order chi connectivity index (χ1) is 7.01. The number of hydrogen-bond acceptors (Lipinski definition) is 4. The van der Waals surface area contributed by atoms with E-state index in [-0.39, 0.29) is 12.1 Å². The van der Waals surface area contributed by atoms with Crippen LogP contribution in [0.2, 0.25) is 0 Å². The molecular weight excluding hydrogens is 190 g/mol. The smallest absolute Gasteiger partial charge is 0.127 e. The van der Waals surface area contributed by atoms with Crippen molar-refractivity contribution in [3.63, 3.8) is 0 Å². The zero-order valence-electron chi connectivity index (χ0n) is 9.78. The lowest BCUT2D eigenvalue weighted by Crippen LogP contribution is -2.44. The molecule has 4 heteroatoms. The van der Waals surface area contributed by atoms with E-state index in [2.05, 4.69) is 10.3 Å². The molecule has 0 unspecified atom stereocenters. The molecular formula is C11H19N3O. The molecule has 1 heterocycles. The predicted molar refractivity (Wildman–Crippen MR) is 63.4 cm³/mol. The summed E-state index contributed by atoms with van der Waals surface area (Å²) in [7, 11) is 3.80. The van der Waals surface area contributed by atoms with E-state index in [1.165, 1.54) is 0 Å². The number of nitrogens with zero attached hydrogens (tertiary/aromatic N) is 2. The fraction of sp³-hybridized carbons (Fsp3) is 0.545. The first-order valence-corrected chi connectivity index (χ1v) is 5.00. The van der Waals surface area contributed by atoms with Gasteiger partial charge in [0.1, 0.15) is 5.82 Å². The maximum atomic E-state index is 9.28. The molecule has 84 valence electrons. The Kier molecular flexibility index (Phi) is 3.52. The minimum Gasteiger partial charge on any atom is -0.394 e. The van der Waals surface area contributed by atoms with E-state index in [1.807, 2.05) is 45.0 Å². The van der Waals surface area contributed by atoms with Gasteiger partial charge in [-0.2, -0.15) is 0 Å². The molecule has 0 saturated carbocycles. The Morgan fingerprint density at radius 2 is 2.20 bits per heavy atom. The highest BCUT2D eigenvalue weighted by Crippen LogP contribution is 2.23. The van der Waals surface area contributed by atoms with Gasteiger partial charge in [-0.3, -0.25) is 0 Å². The molecule has 1 aromatic heterocycles. The van der Waals surface area contributed by atoms with Crippen molar-refractivity contribution < 1.29 is 5.11 Å². The third-order valence-corrected chi connectivity index (χ3v) is 2.68. The number of anilines is 2. The summed E-state index contributed by atoms with van der Waals surface area (Å²) in [6.45, 7) is 4.10. The lowest BCUT2D eigenvalue weighted by atomic mass is 10.0. The highest BCUT2D eigenvalue weighted by atomic mass is 16.3. The standard InChI is InChI=1S/C11H19N3O/c1-11(2,8-15)14(4)9-5-6-13-10(7-9)12-3/h5-7,15H,8H2,1-4H3,(H,12,13). The normalized spacial score (nSPS) is 11.3. The molecule has 4 nitrogen and oxygen atoms in total. The third-order valence-electron chi connectivity index (χ3n) is 2.68. The van der Waals surface area contributed by atoms with Gasteiger partial charge in [0.05, 0.1) is 12.1 Å². The summed E-state index contributed by atoms with van der Waals surface area (Å²) >= 11 is 0. The van der Waals surface area contributed by atoms with Crippen molar-refractivity contribution in [1.29, 1.82) is 0 Å². The maximum absolute atomic E-state index is 9.28. The second-order valence-corrected chi connectivity index (χ2v) is 4.18. The van der Waals surface area contributed by atoms with Gasteiger partial charge < -0.3 is 15.3 Å². The Morgan fingerprint density at radius 3 is 2.73 bits per heavy atom. The molecule has 15 heavy (non-hydrogen) atoms. The van der Waals surface area contributed by atoms with Gasteiger partial charge in [0.2, 0.25) is 0 Å². The molecule has 0 spiro atoms. The van der Waals surface area contributed by atoms with Gasteiger partial charge >= 0.3 is 0 Å². The molecule has 1 aromatic rings. The first kappa shape index (κ1) is 11.8. The van der Waals surface area contributed by atoms with Gasteiger partial charge in [-0.25, -0.2) is 4.98 Å². The second kappa shape index (κ2) is 4.49. The van der Waals surface area contributed by atoms with Gasteiger partial charge in [0.15, 0.2) is 0 Å². The van der Waals surface area contributed by atoms with Gasteiger partial charge in [0.25, 0.3) is 0 Å². The number of nitrogens with one attached hydrogen (secondary N) is 1. The van der Waals surface area contributed by atoms with Gasteiger partial charge in [0, 0.05) is 32.0 Å². The molecule has 1 rings (SSSR count). The van der Waals surface area contributed by atoms with E-state index in [4.69, 9.17) is 0 Å². The number of aliphatic hydroxyl groups excluding tert-OH is 1. The molecule has 0 aliphatic carbocycles. The summed E-state index contributed by atoms with van der Waals surface area (Å²) in [5.74, 6) is 0.827. The van der Waals surface area contributed by atoms with Crippen LogP contribution < -0.4 is 10.2 Å². The number of pyridine rings is 1. The van der Waals surface area contributed by atoms with E-state index in [9.17, 15) is 5.11 Å². The molecule has 0 radical (unpaired) electrons. The fourth-order valence-electron chi connectivity index (χ4n) is 1.22. The van der Waals surface area contributed by atoms with Crippen molar-refractivity contribution in [1.82, 2.24) is 4.98 Å². The van der Waals surface area contributed by atoms with Crippen LogP contribution in [0.1, 0.15) is 13.8 Å². The Balaban J connectivity index is 2.95. The highest BCUT2D eigenvalue weighted by Gasteiger charge is 2.22. The Bertz CT molecular complexity index is 325. The number of aromatic nitrogens is 1. The molecule has 2 N–H and O–H groups in total. The lowest BCUT2D eigenvalue weighted by Gasteiger charge is -2.35. The van der Waals surface area contributed by atoms with Crippen LogP contribution in [0.5, 0.6) is 0 Å². The van der Waals surface area contributed by atoms with E-state index < -0.39 is 0 Å². The zero-order valence-corrected chi connectivity index (χ0v) is 9.78. The van der Waals surface area contributed by atoms with Crippen molar-refractivity contribution >= 4 is 11.5 Å². The van der Waals surface area contributed by atoms with Crippen LogP contribution in [0.25, 0.3) is 0 Å². The fourth-order valence-corrected chi connectivity index (χ4v) is 1.22. The molecule has 0 amide bonds. The molecule has 0 atom stereocenters. The van der Waals surface area contributed by atoms with Crippen molar-refractivity contribution in [2.24, 2.45) is 0 Å². The predicted octanol–water partition coefficient (Wildman–Crippen LogP) is 1.33. The van der Waals surface area contributed by atoms with Crippen molar-refractivity contribution in [3.8, 4) is 0 Å². The summed E-state index contributed by atoms with van der Waals surface area (Å²) in [5.41, 5.74) is 0.764. The quantitative estimate of drug-likeness (QED) is 0.785. The van der Waals surface area contributed by atoms with Gasteiger partial charge in [-0.1, -0.05) is 0 Å². The van der Waals surface area contributed by atoms with Crippen LogP contribution in [0.4, 0.5) is 11.5 Å². The Morgan fingerprint density at radius 1 is 1.53 bits per heavy atom. The number of rotatable bonds is 4. The van der Waals surface area contributed by atoms with Crippen LogP contribution in [0, 0.1) is 0 Å². The third kappa shape index (κ3) is 2.59. The summed E-state index contributed by atoms with van der Waals surface area (Å²) < 4.78 is 0. The lowest BCUT2D eigenvalue weighted by molar-refractivity contribution is 0.216. The first-order valence-electron chi connectivity index (χ1n) is 5.00. The van der Waals surface area contributed by atoms with E-state index >= 15 is 0 Å². The van der Waals surface area contributed by atoms with Crippen LogP contribution in [-0.2, 0) is 0 Å². The molecule has 0 saturated heterocycles. The molecule has 0 fully saturated rings. The summed E-state index contributed by atoms with van der Waals surface area (Å²) in [4.78, 5) is 6.19. The van der Waals surface area contributed by atoms with Crippen LogP contribution in [-0.4, -0.2) is 36.3 Å². The van der Waals surface area contributed by atoms with Crippen LogP contribution in [0.3, 0.4) is 0 Å². The van der Waals surface area contributed by atoms with E-state index in [0.717, 1.165) is 11.5 Å². The summed E-state index contributed by atoms with van der Waals surface area (Å²) in [6.07, 6.45) is 1.76. The largest absolute Gasteiger partial charge is 0.394 e. The summed E-state index contributed by atoms with van der Waals surface area (Å²) in [6, 6.07) is 3.88. The topological polar surface area (TPSA) is 48.4 Å². The van der Waals surface area contributed by atoms with Gasteiger partial charge in [-0.05, 0) is 19.9 Å². The number of likely N-dealkylation sites (N-methyl/N-ethyl adjacent to an activating group) is 1. The molecule has 0 aromatic carbocycles. The summed E-state index contributed by atoms with van der Waals surface area (Å²) in [5, 5.41) is 12.3. The van der Waals surface area contributed by atoms with Crippen LogP contribution >= 0.6 is 0 Å². The Hall–Kier alpha value is -1.29. The monoisotopic (exact) mass is 209 g/mol. The molecule has 0 bridgehead atoms. The number of aliphatic hydroxyl groups is 1. The average Bonchev–Trinajstić information content (AvgIpc) is 2.28. The molecule has 0 aliphatic heterocycles. The highest BCUT2D eigenvalue weighted by molar-refractivity contribution is 5.54. The van der Waals surface area contributed by atoms with Crippen molar-refractivity contribution in [3.05, 3.63) is 18.3 Å². The van der Waals surface area contributed by atoms with Crippen molar-refractivity contribution in [2.75, 3.05) is 30.9 Å². The zero-order chi connectivity index (χ0) is 11.5. The average molecular weight is 209 g/mol.